The van der Waals surface area contributed by atoms with E-state index >= 15 is 0 Å². The van der Waals surface area contributed by atoms with Gasteiger partial charge in [-0.05, 0) is 24.1 Å². The molecule has 0 atom stereocenters. The number of hydrogen-bond donors (Lipinski definition) is 3. The second-order valence-corrected chi connectivity index (χ2v) is 6.67. The first-order valence-electron chi connectivity index (χ1n) is 7.05. The highest BCUT2D eigenvalue weighted by Crippen LogP contribution is 2.27. The Morgan fingerprint density at radius 2 is 1.91 bits per heavy atom. The largest absolute Gasteiger partial charge is 0.493 e. The average Bonchev–Trinajstić information content (AvgIpc) is 2.51. The van der Waals surface area contributed by atoms with Gasteiger partial charge in [0.05, 0.1) is 27.0 Å². The smallest absolute Gasteiger partial charge is 0.208 e. The lowest BCUT2D eigenvalue weighted by Gasteiger charge is -2.09. The van der Waals surface area contributed by atoms with E-state index in [1.54, 1.807) is 14.2 Å². The van der Waals surface area contributed by atoms with Crippen LogP contribution in [0.25, 0.3) is 0 Å². The van der Waals surface area contributed by atoms with Crippen LogP contribution in [0.1, 0.15) is 12.0 Å². The van der Waals surface area contributed by atoms with Crippen LogP contribution in [0.15, 0.2) is 23.2 Å². The maximum absolute atomic E-state index is 10.9. The summed E-state index contributed by atoms with van der Waals surface area (Å²) < 4.78 is 34.6. The molecule has 4 N–H and O–H groups in total. The van der Waals surface area contributed by atoms with E-state index in [0.717, 1.165) is 11.8 Å². The van der Waals surface area contributed by atoms with Crippen molar-refractivity contribution in [1.29, 1.82) is 0 Å². The van der Waals surface area contributed by atoms with Gasteiger partial charge in [0.2, 0.25) is 10.0 Å². The van der Waals surface area contributed by atoms with E-state index in [-0.39, 0.29) is 0 Å². The molecule has 8 nitrogen and oxygen atoms in total. The summed E-state index contributed by atoms with van der Waals surface area (Å²) in [5, 5.41) is 2.93. The quantitative estimate of drug-likeness (QED) is 0.331. The number of benzene rings is 1. The van der Waals surface area contributed by atoms with Gasteiger partial charge >= 0.3 is 0 Å². The summed E-state index contributed by atoms with van der Waals surface area (Å²) >= 11 is 0. The summed E-state index contributed by atoms with van der Waals surface area (Å²) in [5.41, 5.74) is 6.70. The van der Waals surface area contributed by atoms with Crippen molar-refractivity contribution >= 4 is 16.0 Å². The molecule has 0 aliphatic rings. The molecule has 0 spiro atoms. The molecule has 0 radical (unpaired) electrons. The van der Waals surface area contributed by atoms with Crippen molar-refractivity contribution in [2.24, 2.45) is 10.7 Å². The third-order valence-electron chi connectivity index (χ3n) is 2.90. The minimum Gasteiger partial charge on any atom is -0.493 e. The average molecular weight is 344 g/mol. The van der Waals surface area contributed by atoms with Crippen molar-refractivity contribution in [2.45, 2.75) is 13.0 Å². The Morgan fingerprint density at radius 1 is 1.22 bits per heavy atom. The predicted molar refractivity (Wildman–Crippen MR) is 90.3 cm³/mol. The van der Waals surface area contributed by atoms with Gasteiger partial charge in [0.15, 0.2) is 17.5 Å². The fourth-order valence-corrected chi connectivity index (χ4v) is 2.29. The summed E-state index contributed by atoms with van der Waals surface area (Å²) in [6, 6.07) is 5.53. The van der Waals surface area contributed by atoms with E-state index in [9.17, 15) is 8.42 Å². The summed E-state index contributed by atoms with van der Waals surface area (Å²) in [6.45, 7) is 1.29. The molecule has 1 aromatic rings. The summed E-state index contributed by atoms with van der Waals surface area (Å²) in [6.07, 6.45) is 1.74. The number of hydrogen-bond acceptors (Lipinski definition) is 5. The lowest BCUT2D eigenvalue weighted by Crippen LogP contribution is -2.34. The fourth-order valence-electron chi connectivity index (χ4n) is 1.77. The molecule has 0 fully saturated rings. The summed E-state index contributed by atoms with van der Waals surface area (Å²) in [5.74, 6) is 1.60. The molecule has 0 aliphatic heterocycles. The van der Waals surface area contributed by atoms with Crippen molar-refractivity contribution in [3.8, 4) is 11.5 Å². The number of sulfonamides is 1. The zero-order chi connectivity index (χ0) is 17.3. The molecular weight excluding hydrogens is 320 g/mol. The molecule has 1 rings (SSSR count). The number of ether oxygens (including phenoxy) is 2. The van der Waals surface area contributed by atoms with Crippen LogP contribution < -0.4 is 25.2 Å². The molecule has 0 unspecified atom stereocenters. The highest BCUT2D eigenvalue weighted by atomic mass is 32.2. The Balaban J connectivity index is 2.41. The first-order valence-corrected chi connectivity index (χ1v) is 8.94. The van der Waals surface area contributed by atoms with Crippen LogP contribution in [0, 0.1) is 0 Å². The standard InChI is InChI=1S/C14H24N4O4S/c1-21-12-6-5-11(9-13(12)22-2)10-17-14(15)16-7-4-8-18-23(3,19)20/h5-6,9,18H,4,7-8,10H2,1-3H3,(H3,15,16,17). The molecule has 130 valence electrons. The number of aliphatic imine (C=N–C) groups is 1. The van der Waals surface area contributed by atoms with Gasteiger partial charge in [-0.3, -0.25) is 0 Å². The molecular formula is C14H24N4O4S. The van der Waals surface area contributed by atoms with E-state index in [1.807, 2.05) is 18.2 Å². The van der Waals surface area contributed by atoms with Crippen molar-refractivity contribution < 1.29 is 17.9 Å². The van der Waals surface area contributed by atoms with Crippen LogP contribution in [0.3, 0.4) is 0 Å². The molecule has 0 heterocycles. The molecule has 0 bridgehead atoms. The van der Waals surface area contributed by atoms with Crippen LogP contribution >= 0.6 is 0 Å². The Hall–Kier alpha value is -2.00. The Bertz CT molecular complexity index is 632. The first kappa shape index (κ1) is 19.0. The van der Waals surface area contributed by atoms with Gasteiger partial charge in [-0.25, -0.2) is 18.1 Å². The number of nitrogens with zero attached hydrogens (tertiary/aromatic N) is 1. The minimum atomic E-state index is -3.14. The van der Waals surface area contributed by atoms with Gasteiger partial charge in [-0.1, -0.05) is 6.07 Å². The third-order valence-corrected chi connectivity index (χ3v) is 3.63. The maximum atomic E-state index is 10.9. The molecule has 0 amide bonds. The van der Waals surface area contributed by atoms with E-state index in [2.05, 4.69) is 15.0 Å². The van der Waals surface area contributed by atoms with Crippen molar-refractivity contribution in [3.63, 3.8) is 0 Å². The number of rotatable bonds is 9. The molecule has 0 aromatic heterocycles. The van der Waals surface area contributed by atoms with E-state index in [0.29, 0.717) is 43.5 Å². The molecule has 9 heteroatoms. The van der Waals surface area contributed by atoms with Gasteiger partial charge in [0.25, 0.3) is 0 Å². The second kappa shape index (κ2) is 9.21. The predicted octanol–water partition coefficient (Wildman–Crippen LogP) is 0.0474. The van der Waals surface area contributed by atoms with Crippen LogP contribution in [-0.4, -0.2) is 47.9 Å². The molecule has 0 saturated carbocycles. The number of nitrogens with two attached hydrogens (primary N) is 1. The van der Waals surface area contributed by atoms with E-state index in [1.165, 1.54) is 0 Å². The molecule has 0 saturated heterocycles. The molecule has 23 heavy (non-hydrogen) atoms. The van der Waals surface area contributed by atoms with Crippen LogP contribution in [0.5, 0.6) is 11.5 Å². The second-order valence-electron chi connectivity index (χ2n) is 4.84. The van der Waals surface area contributed by atoms with Gasteiger partial charge in [-0.2, -0.15) is 0 Å². The third kappa shape index (κ3) is 7.71. The highest BCUT2D eigenvalue weighted by Gasteiger charge is 2.04. The zero-order valence-electron chi connectivity index (χ0n) is 13.6. The zero-order valence-corrected chi connectivity index (χ0v) is 14.4. The van der Waals surface area contributed by atoms with Gasteiger partial charge in [0.1, 0.15) is 0 Å². The normalized spacial score (nSPS) is 12.0. The van der Waals surface area contributed by atoms with Gasteiger partial charge in [-0.15, -0.1) is 0 Å². The lowest BCUT2D eigenvalue weighted by atomic mass is 10.2. The Kier molecular flexibility index (Phi) is 7.63. The van der Waals surface area contributed by atoms with Crippen molar-refractivity contribution in [1.82, 2.24) is 10.0 Å². The lowest BCUT2D eigenvalue weighted by molar-refractivity contribution is 0.354. The van der Waals surface area contributed by atoms with Crippen molar-refractivity contribution in [3.05, 3.63) is 23.8 Å². The SMILES string of the molecule is COc1ccc(CN=C(N)NCCCNS(C)(=O)=O)cc1OC. The van der Waals surface area contributed by atoms with Gasteiger partial charge in [0, 0.05) is 13.1 Å². The number of methoxy groups -OCH3 is 2. The fraction of sp³-hybridized carbons (Fsp3) is 0.500. The molecule has 1 aromatic carbocycles. The first-order chi connectivity index (χ1) is 10.9. The van der Waals surface area contributed by atoms with Gasteiger partial charge < -0.3 is 20.5 Å². The number of guanidine groups is 1. The van der Waals surface area contributed by atoms with E-state index < -0.39 is 10.0 Å². The topological polar surface area (TPSA) is 115 Å². The van der Waals surface area contributed by atoms with E-state index in [4.69, 9.17) is 15.2 Å². The Labute approximate surface area is 137 Å². The van der Waals surface area contributed by atoms with Crippen LogP contribution in [0.2, 0.25) is 0 Å². The summed E-state index contributed by atoms with van der Waals surface area (Å²) in [4.78, 5) is 4.22. The monoisotopic (exact) mass is 344 g/mol. The Morgan fingerprint density at radius 3 is 2.52 bits per heavy atom. The number of nitrogens with one attached hydrogen (secondary N) is 2. The van der Waals surface area contributed by atoms with Crippen LogP contribution in [-0.2, 0) is 16.6 Å². The summed E-state index contributed by atoms with van der Waals surface area (Å²) in [7, 11) is 0.00947. The highest BCUT2D eigenvalue weighted by molar-refractivity contribution is 7.88. The maximum Gasteiger partial charge on any atom is 0.208 e. The molecule has 0 aliphatic carbocycles. The van der Waals surface area contributed by atoms with Crippen LogP contribution in [0.4, 0.5) is 0 Å². The van der Waals surface area contributed by atoms with Crippen molar-refractivity contribution in [2.75, 3.05) is 33.6 Å². The minimum absolute atomic E-state index is 0.305.